The predicted molar refractivity (Wildman–Crippen MR) is 87.3 cm³/mol. The summed E-state index contributed by atoms with van der Waals surface area (Å²) in [6.45, 7) is 5.27. The third-order valence-electron chi connectivity index (χ3n) is 3.17. The van der Waals surface area contributed by atoms with Gasteiger partial charge in [0.25, 0.3) is 0 Å². The average molecular weight is 312 g/mol. The molecule has 0 aliphatic rings. The Morgan fingerprint density at radius 3 is 2.00 bits per heavy atom. The molecule has 1 atom stereocenters. The number of aliphatic hydroxyl groups excluding tert-OH is 1. The van der Waals surface area contributed by atoms with Crippen LogP contribution in [0.4, 0.5) is 0 Å². The van der Waals surface area contributed by atoms with E-state index in [4.69, 9.17) is 4.74 Å². The minimum atomic E-state index is -1.32. The maximum absolute atomic E-state index is 12.6. The topological polar surface area (TPSA) is 63.6 Å². The van der Waals surface area contributed by atoms with E-state index in [1.54, 1.807) is 63.2 Å². The van der Waals surface area contributed by atoms with Crippen molar-refractivity contribution in [2.24, 2.45) is 0 Å². The third kappa shape index (κ3) is 4.27. The SMILES string of the molecule is CC(C)(C)OC(=O)c1ccccc1C(=O)C(O)c1ccccc1. The van der Waals surface area contributed by atoms with Gasteiger partial charge in [0.1, 0.15) is 11.7 Å². The highest BCUT2D eigenvalue weighted by atomic mass is 16.6. The summed E-state index contributed by atoms with van der Waals surface area (Å²) in [6, 6.07) is 15.0. The molecule has 2 rings (SSSR count). The molecule has 23 heavy (non-hydrogen) atoms. The van der Waals surface area contributed by atoms with Crippen molar-refractivity contribution >= 4 is 11.8 Å². The van der Waals surface area contributed by atoms with Gasteiger partial charge in [-0.05, 0) is 32.4 Å². The zero-order valence-electron chi connectivity index (χ0n) is 13.4. The summed E-state index contributed by atoms with van der Waals surface area (Å²) in [7, 11) is 0. The highest BCUT2D eigenvalue weighted by Crippen LogP contribution is 2.22. The molecule has 2 aromatic rings. The lowest BCUT2D eigenvalue weighted by Crippen LogP contribution is -2.25. The van der Waals surface area contributed by atoms with Gasteiger partial charge >= 0.3 is 5.97 Å². The quantitative estimate of drug-likeness (QED) is 0.692. The second-order valence-electron chi connectivity index (χ2n) is 6.22. The van der Waals surface area contributed by atoms with Gasteiger partial charge in [-0.25, -0.2) is 4.79 Å². The lowest BCUT2D eigenvalue weighted by molar-refractivity contribution is 0.00671. The van der Waals surface area contributed by atoms with Crippen LogP contribution in [-0.4, -0.2) is 22.5 Å². The molecule has 0 aromatic heterocycles. The van der Waals surface area contributed by atoms with Crippen LogP contribution in [0.5, 0.6) is 0 Å². The van der Waals surface area contributed by atoms with Gasteiger partial charge in [0.05, 0.1) is 5.56 Å². The van der Waals surface area contributed by atoms with Gasteiger partial charge in [0, 0.05) is 5.56 Å². The number of rotatable bonds is 4. The second kappa shape index (κ2) is 6.75. The summed E-state index contributed by atoms with van der Waals surface area (Å²) in [5, 5.41) is 10.3. The predicted octanol–water partition coefficient (Wildman–Crippen LogP) is 3.56. The first-order valence-electron chi connectivity index (χ1n) is 7.39. The van der Waals surface area contributed by atoms with Gasteiger partial charge in [0.2, 0.25) is 0 Å². The van der Waals surface area contributed by atoms with Crippen LogP contribution in [0.25, 0.3) is 0 Å². The molecule has 0 saturated heterocycles. The minimum Gasteiger partial charge on any atom is -0.456 e. The smallest absolute Gasteiger partial charge is 0.339 e. The molecule has 4 heteroatoms. The second-order valence-corrected chi connectivity index (χ2v) is 6.22. The normalized spacial score (nSPS) is 12.5. The highest BCUT2D eigenvalue weighted by Gasteiger charge is 2.26. The Kier molecular flexibility index (Phi) is 4.96. The van der Waals surface area contributed by atoms with Crippen molar-refractivity contribution in [1.82, 2.24) is 0 Å². The summed E-state index contributed by atoms with van der Waals surface area (Å²) in [6.07, 6.45) is -1.32. The average Bonchev–Trinajstić information content (AvgIpc) is 2.52. The van der Waals surface area contributed by atoms with Crippen molar-refractivity contribution < 1.29 is 19.4 Å². The summed E-state index contributed by atoms with van der Waals surface area (Å²) in [4.78, 5) is 24.9. The van der Waals surface area contributed by atoms with Crippen molar-refractivity contribution in [3.8, 4) is 0 Å². The van der Waals surface area contributed by atoms with Crippen molar-refractivity contribution in [3.05, 3.63) is 71.3 Å². The molecule has 2 aromatic carbocycles. The molecule has 0 radical (unpaired) electrons. The highest BCUT2D eigenvalue weighted by molar-refractivity contribution is 6.08. The van der Waals surface area contributed by atoms with Gasteiger partial charge < -0.3 is 9.84 Å². The van der Waals surface area contributed by atoms with Gasteiger partial charge in [0.15, 0.2) is 5.78 Å². The number of carbonyl (C=O) groups excluding carboxylic acids is 2. The van der Waals surface area contributed by atoms with Crippen LogP contribution in [0.1, 0.15) is 53.2 Å². The van der Waals surface area contributed by atoms with Gasteiger partial charge in [-0.3, -0.25) is 4.79 Å². The molecule has 1 N–H and O–H groups in total. The van der Waals surface area contributed by atoms with Crippen LogP contribution in [0, 0.1) is 0 Å². The molecule has 0 aliphatic heterocycles. The van der Waals surface area contributed by atoms with E-state index >= 15 is 0 Å². The van der Waals surface area contributed by atoms with Crippen LogP contribution in [0.2, 0.25) is 0 Å². The molecule has 0 saturated carbocycles. The van der Waals surface area contributed by atoms with E-state index in [1.807, 2.05) is 0 Å². The molecule has 0 fully saturated rings. The fourth-order valence-electron chi connectivity index (χ4n) is 2.14. The van der Waals surface area contributed by atoms with E-state index in [9.17, 15) is 14.7 Å². The monoisotopic (exact) mass is 312 g/mol. The van der Waals surface area contributed by atoms with Gasteiger partial charge in [-0.1, -0.05) is 48.5 Å². The molecule has 0 bridgehead atoms. The zero-order chi connectivity index (χ0) is 17.0. The van der Waals surface area contributed by atoms with E-state index < -0.39 is 23.5 Å². The number of hydrogen-bond donors (Lipinski definition) is 1. The minimum absolute atomic E-state index is 0.151. The molecule has 120 valence electrons. The largest absolute Gasteiger partial charge is 0.456 e. The Labute approximate surface area is 135 Å². The number of ketones is 1. The van der Waals surface area contributed by atoms with Crippen LogP contribution in [0.3, 0.4) is 0 Å². The van der Waals surface area contributed by atoms with E-state index in [0.29, 0.717) is 5.56 Å². The Balaban J connectivity index is 2.33. The number of esters is 1. The number of carbonyl (C=O) groups is 2. The molecule has 1 unspecified atom stereocenters. The lowest BCUT2D eigenvalue weighted by Gasteiger charge is -2.20. The third-order valence-corrected chi connectivity index (χ3v) is 3.17. The standard InChI is InChI=1S/C19H20O4/c1-19(2,3)23-18(22)15-12-8-7-11-14(15)17(21)16(20)13-9-5-4-6-10-13/h4-12,16,20H,1-3H3. The molecule has 4 nitrogen and oxygen atoms in total. The van der Waals surface area contributed by atoms with Gasteiger partial charge in [-0.15, -0.1) is 0 Å². The molecule has 0 aliphatic carbocycles. The van der Waals surface area contributed by atoms with Crippen molar-refractivity contribution in [2.45, 2.75) is 32.5 Å². The summed E-state index contributed by atoms with van der Waals surface area (Å²) in [5.41, 5.74) is 0.127. The van der Waals surface area contributed by atoms with E-state index in [1.165, 1.54) is 12.1 Å². The summed E-state index contributed by atoms with van der Waals surface area (Å²) >= 11 is 0. The van der Waals surface area contributed by atoms with Gasteiger partial charge in [-0.2, -0.15) is 0 Å². The fourth-order valence-corrected chi connectivity index (χ4v) is 2.14. The maximum Gasteiger partial charge on any atom is 0.339 e. The number of hydrogen-bond acceptors (Lipinski definition) is 4. The van der Waals surface area contributed by atoms with Crippen LogP contribution < -0.4 is 0 Å². The first kappa shape index (κ1) is 16.9. The molecule has 0 amide bonds. The molecular formula is C19H20O4. The first-order chi connectivity index (χ1) is 10.8. The number of ether oxygens (including phenoxy) is 1. The van der Waals surface area contributed by atoms with Crippen molar-refractivity contribution in [2.75, 3.05) is 0 Å². The van der Waals surface area contributed by atoms with Crippen molar-refractivity contribution in [1.29, 1.82) is 0 Å². The summed E-state index contributed by atoms with van der Waals surface area (Å²) < 4.78 is 5.33. The fraction of sp³-hybridized carbons (Fsp3) is 0.263. The van der Waals surface area contributed by atoms with E-state index in [0.717, 1.165) is 0 Å². The van der Waals surface area contributed by atoms with E-state index in [-0.39, 0.29) is 11.1 Å². The Morgan fingerprint density at radius 2 is 1.43 bits per heavy atom. The Morgan fingerprint density at radius 1 is 0.913 bits per heavy atom. The summed E-state index contributed by atoms with van der Waals surface area (Å²) in [5.74, 6) is -1.11. The van der Waals surface area contributed by atoms with Crippen LogP contribution in [0.15, 0.2) is 54.6 Å². The Bertz CT molecular complexity index is 699. The molecule has 0 heterocycles. The number of benzene rings is 2. The van der Waals surface area contributed by atoms with E-state index in [2.05, 4.69) is 0 Å². The number of aliphatic hydroxyl groups is 1. The lowest BCUT2D eigenvalue weighted by atomic mass is 9.96. The van der Waals surface area contributed by atoms with Crippen LogP contribution in [-0.2, 0) is 4.74 Å². The zero-order valence-corrected chi connectivity index (χ0v) is 13.4. The number of Topliss-reactive ketones (excluding diaryl/α,β-unsaturated/α-hetero) is 1. The Hall–Kier alpha value is -2.46. The first-order valence-corrected chi connectivity index (χ1v) is 7.39. The van der Waals surface area contributed by atoms with Crippen LogP contribution >= 0.6 is 0 Å². The molecular weight excluding hydrogens is 292 g/mol. The van der Waals surface area contributed by atoms with Crippen molar-refractivity contribution in [3.63, 3.8) is 0 Å². The molecule has 0 spiro atoms. The maximum atomic E-state index is 12.6.